The van der Waals surface area contributed by atoms with Crippen molar-refractivity contribution in [3.05, 3.63) is 60.9 Å². The smallest absolute Gasteiger partial charge is 0.159 e. The lowest BCUT2D eigenvalue weighted by Crippen LogP contribution is -2.12. The average molecular weight is 278 g/mol. The van der Waals surface area contributed by atoms with Crippen LogP contribution < -0.4 is 0 Å². The highest BCUT2D eigenvalue weighted by atomic mass is 14.8. The number of aromatic nitrogens is 2. The molecule has 3 rings (SSSR count). The van der Waals surface area contributed by atoms with Gasteiger partial charge in [0.1, 0.15) is 0 Å². The van der Waals surface area contributed by atoms with Crippen molar-refractivity contribution in [2.45, 2.75) is 38.0 Å². The third-order valence-corrected chi connectivity index (χ3v) is 4.55. The topological polar surface area (TPSA) is 25.8 Å². The summed E-state index contributed by atoms with van der Waals surface area (Å²) in [6.07, 6.45) is 12.1. The highest BCUT2D eigenvalue weighted by Gasteiger charge is 2.21. The van der Waals surface area contributed by atoms with Crippen LogP contribution in [0.25, 0.3) is 11.4 Å². The van der Waals surface area contributed by atoms with Gasteiger partial charge in [-0.2, -0.15) is 0 Å². The van der Waals surface area contributed by atoms with Crippen molar-refractivity contribution in [3.8, 4) is 11.4 Å². The zero-order valence-corrected chi connectivity index (χ0v) is 12.4. The van der Waals surface area contributed by atoms with Crippen LogP contribution in [0.4, 0.5) is 0 Å². The first kappa shape index (κ1) is 14.0. The molecule has 1 fully saturated rings. The molecule has 0 atom stereocenters. The van der Waals surface area contributed by atoms with Crippen LogP contribution in [-0.2, 0) is 0 Å². The molecular formula is C19H22N2. The Morgan fingerprint density at radius 2 is 1.67 bits per heavy atom. The van der Waals surface area contributed by atoms with E-state index in [1.807, 2.05) is 6.07 Å². The van der Waals surface area contributed by atoms with Gasteiger partial charge < -0.3 is 0 Å². The van der Waals surface area contributed by atoms with Gasteiger partial charge in [0.2, 0.25) is 0 Å². The number of hydrogen-bond donors (Lipinski definition) is 0. The number of allylic oxidation sites excluding steroid dienone is 1. The molecule has 0 N–H and O–H groups in total. The molecule has 1 aromatic heterocycles. The van der Waals surface area contributed by atoms with Gasteiger partial charge in [0.25, 0.3) is 0 Å². The van der Waals surface area contributed by atoms with E-state index >= 15 is 0 Å². The van der Waals surface area contributed by atoms with E-state index in [0.717, 1.165) is 23.2 Å². The predicted molar refractivity (Wildman–Crippen MR) is 87.0 cm³/mol. The zero-order valence-electron chi connectivity index (χ0n) is 12.4. The van der Waals surface area contributed by atoms with Gasteiger partial charge in [-0.05, 0) is 55.6 Å². The maximum absolute atomic E-state index is 4.30. The molecule has 2 aromatic rings. The summed E-state index contributed by atoms with van der Waals surface area (Å²) in [5.41, 5.74) is 2.56. The fourth-order valence-electron chi connectivity index (χ4n) is 3.32. The van der Waals surface area contributed by atoms with Crippen molar-refractivity contribution in [1.29, 1.82) is 0 Å². The summed E-state index contributed by atoms with van der Waals surface area (Å²) in [4.78, 5) is 8.60. The standard InChI is InChI=1S/C19H22N2/c1-2-4-15-5-7-16(8-6-15)17-9-11-18(12-10-17)19-20-13-3-14-21-19/h2-3,9-16H,1,4-8H2/t15-,16-. The molecule has 0 radical (unpaired) electrons. The molecule has 0 aliphatic heterocycles. The van der Waals surface area contributed by atoms with Crippen molar-refractivity contribution in [3.63, 3.8) is 0 Å². The highest BCUT2D eigenvalue weighted by Crippen LogP contribution is 2.37. The van der Waals surface area contributed by atoms with E-state index in [1.165, 1.54) is 37.7 Å². The van der Waals surface area contributed by atoms with Crippen LogP contribution in [0.5, 0.6) is 0 Å². The van der Waals surface area contributed by atoms with Crippen molar-refractivity contribution < 1.29 is 0 Å². The second-order valence-corrected chi connectivity index (χ2v) is 5.94. The fraction of sp³-hybridized carbons (Fsp3) is 0.368. The number of rotatable bonds is 4. The van der Waals surface area contributed by atoms with Gasteiger partial charge in [-0.25, -0.2) is 9.97 Å². The molecule has 0 spiro atoms. The Morgan fingerprint density at radius 1 is 1.00 bits per heavy atom. The van der Waals surface area contributed by atoms with Gasteiger partial charge in [0.15, 0.2) is 5.82 Å². The minimum atomic E-state index is 0.719. The Labute approximate surface area is 127 Å². The molecule has 1 aliphatic carbocycles. The second-order valence-electron chi connectivity index (χ2n) is 5.94. The maximum Gasteiger partial charge on any atom is 0.159 e. The minimum absolute atomic E-state index is 0.719. The summed E-state index contributed by atoms with van der Waals surface area (Å²) in [7, 11) is 0. The Kier molecular flexibility index (Phi) is 4.44. The predicted octanol–water partition coefficient (Wildman–Crippen LogP) is 4.99. The highest BCUT2D eigenvalue weighted by molar-refractivity contribution is 5.55. The van der Waals surface area contributed by atoms with Gasteiger partial charge in [-0.15, -0.1) is 6.58 Å². The lowest BCUT2D eigenvalue weighted by Gasteiger charge is -2.28. The summed E-state index contributed by atoms with van der Waals surface area (Å²) in [5, 5.41) is 0. The van der Waals surface area contributed by atoms with Crippen molar-refractivity contribution in [2.75, 3.05) is 0 Å². The summed E-state index contributed by atoms with van der Waals surface area (Å²) in [6, 6.07) is 10.7. The third-order valence-electron chi connectivity index (χ3n) is 4.55. The quantitative estimate of drug-likeness (QED) is 0.736. The zero-order chi connectivity index (χ0) is 14.5. The number of hydrogen-bond acceptors (Lipinski definition) is 2. The SMILES string of the molecule is C=CC[C@H]1CC[C@H](c2ccc(-c3ncccn3)cc2)CC1. The largest absolute Gasteiger partial charge is 0.237 e. The van der Waals surface area contributed by atoms with Crippen LogP contribution in [0.1, 0.15) is 43.6 Å². The van der Waals surface area contributed by atoms with Gasteiger partial charge in [0.05, 0.1) is 0 Å². The van der Waals surface area contributed by atoms with Crippen LogP contribution in [0.15, 0.2) is 55.4 Å². The van der Waals surface area contributed by atoms with Crippen molar-refractivity contribution in [2.24, 2.45) is 5.92 Å². The average Bonchev–Trinajstić information content (AvgIpc) is 2.57. The molecule has 2 heteroatoms. The minimum Gasteiger partial charge on any atom is -0.237 e. The lowest BCUT2D eigenvalue weighted by atomic mass is 9.77. The van der Waals surface area contributed by atoms with Crippen LogP contribution in [0, 0.1) is 5.92 Å². The second kappa shape index (κ2) is 6.66. The van der Waals surface area contributed by atoms with E-state index in [0.29, 0.717) is 0 Å². The molecule has 0 bridgehead atoms. The normalized spacial score (nSPS) is 21.9. The van der Waals surface area contributed by atoms with Crippen molar-refractivity contribution in [1.82, 2.24) is 9.97 Å². The molecule has 0 saturated heterocycles. The first-order chi connectivity index (χ1) is 10.4. The molecule has 1 heterocycles. The summed E-state index contributed by atoms with van der Waals surface area (Å²) in [5.74, 6) is 2.38. The van der Waals surface area contributed by atoms with E-state index in [1.54, 1.807) is 12.4 Å². The van der Waals surface area contributed by atoms with E-state index in [9.17, 15) is 0 Å². The molecule has 21 heavy (non-hydrogen) atoms. The Balaban J connectivity index is 1.67. The van der Waals surface area contributed by atoms with E-state index in [-0.39, 0.29) is 0 Å². The summed E-state index contributed by atoms with van der Waals surface area (Å²) < 4.78 is 0. The molecule has 1 saturated carbocycles. The van der Waals surface area contributed by atoms with Crippen LogP contribution in [-0.4, -0.2) is 9.97 Å². The Hall–Kier alpha value is -1.96. The van der Waals surface area contributed by atoms with Gasteiger partial charge in [0, 0.05) is 18.0 Å². The van der Waals surface area contributed by atoms with Gasteiger partial charge >= 0.3 is 0 Å². The molecule has 0 unspecified atom stereocenters. The number of nitrogens with zero attached hydrogens (tertiary/aromatic N) is 2. The molecular weight excluding hydrogens is 256 g/mol. The van der Waals surface area contributed by atoms with Gasteiger partial charge in [-0.1, -0.05) is 30.3 Å². The third kappa shape index (κ3) is 3.38. The van der Waals surface area contributed by atoms with E-state index < -0.39 is 0 Å². The fourth-order valence-corrected chi connectivity index (χ4v) is 3.32. The summed E-state index contributed by atoms with van der Waals surface area (Å²) >= 11 is 0. The maximum atomic E-state index is 4.30. The molecule has 2 nitrogen and oxygen atoms in total. The molecule has 1 aromatic carbocycles. The van der Waals surface area contributed by atoms with Crippen LogP contribution in [0.2, 0.25) is 0 Å². The molecule has 108 valence electrons. The molecule has 1 aliphatic rings. The summed E-state index contributed by atoms with van der Waals surface area (Å²) in [6.45, 7) is 3.86. The Morgan fingerprint density at radius 3 is 2.29 bits per heavy atom. The van der Waals surface area contributed by atoms with Crippen LogP contribution >= 0.6 is 0 Å². The van der Waals surface area contributed by atoms with Gasteiger partial charge in [-0.3, -0.25) is 0 Å². The lowest BCUT2D eigenvalue weighted by molar-refractivity contribution is 0.328. The van der Waals surface area contributed by atoms with E-state index in [4.69, 9.17) is 0 Å². The van der Waals surface area contributed by atoms with Crippen LogP contribution in [0.3, 0.4) is 0 Å². The number of benzene rings is 1. The Bertz CT molecular complexity index is 566. The van der Waals surface area contributed by atoms with E-state index in [2.05, 4.69) is 46.9 Å². The monoisotopic (exact) mass is 278 g/mol. The first-order valence-corrected chi connectivity index (χ1v) is 7.85. The van der Waals surface area contributed by atoms with Crippen molar-refractivity contribution >= 4 is 0 Å². The first-order valence-electron chi connectivity index (χ1n) is 7.85. The molecule has 0 amide bonds.